The van der Waals surface area contributed by atoms with Gasteiger partial charge in [0, 0.05) is 11.3 Å². The van der Waals surface area contributed by atoms with Gasteiger partial charge in [0.15, 0.2) is 0 Å². The topological polar surface area (TPSA) is 46.2 Å². The second-order valence-corrected chi connectivity index (χ2v) is 3.40. The molecule has 0 aromatic heterocycles. The van der Waals surface area contributed by atoms with Crippen LogP contribution in [0.4, 0.5) is 5.69 Å². The molecule has 0 aliphatic carbocycles. The maximum absolute atomic E-state index is 6.69. The van der Waals surface area contributed by atoms with Crippen molar-refractivity contribution in [1.82, 2.24) is 0 Å². The molecule has 0 atom stereocenters. The van der Waals surface area contributed by atoms with Gasteiger partial charge in [0.1, 0.15) is 0 Å². The highest BCUT2D eigenvalue weighted by Crippen LogP contribution is 2.27. The number of nitrogen functional groups attached to an aromatic ring is 1. The average molecular weight is 233 g/mol. The molecule has 84 valence electrons. The van der Waals surface area contributed by atoms with Crippen molar-refractivity contribution in [2.24, 2.45) is 0 Å². The molecule has 0 spiro atoms. The molecule has 0 aliphatic rings. The number of aryl methyl sites for hydroxylation is 1. The van der Waals surface area contributed by atoms with Crippen LogP contribution in [0.1, 0.15) is 5.56 Å². The Morgan fingerprint density at radius 2 is 1.56 bits per heavy atom. The number of para-hydroxylation sites is 1. The fourth-order valence-corrected chi connectivity index (χ4v) is 1.55. The van der Waals surface area contributed by atoms with Gasteiger partial charge in [0.25, 0.3) is 0 Å². The summed E-state index contributed by atoms with van der Waals surface area (Å²) < 4.78 is 6.69. The van der Waals surface area contributed by atoms with Crippen LogP contribution in [0, 0.1) is 6.92 Å². The predicted octanol–water partition coefficient (Wildman–Crippen LogP) is 3.63. The van der Waals surface area contributed by atoms with Gasteiger partial charge in [-0.1, -0.05) is 48.5 Å². The number of nitrogens with two attached hydrogens (primary N) is 1. The summed E-state index contributed by atoms with van der Waals surface area (Å²) in [7, 11) is 0. The fraction of sp³-hybridized carbons (Fsp3) is 0.0769. The molecule has 0 fully saturated rings. The zero-order valence-corrected chi connectivity index (χ0v) is 9.99. The number of benzene rings is 2. The number of hydrogen-bond donors (Lipinski definition) is 3. The lowest BCUT2D eigenvalue weighted by Crippen LogP contribution is -1.92. The summed E-state index contributed by atoms with van der Waals surface area (Å²) in [6.07, 6.45) is 0. The lowest BCUT2D eigenvalue weighted by Gasteiger charge is -2.07. The van der Waals surface area contributed by atoms with Gasteiger partial charge in [0.05, 0.1) is 0 Å². The standard InChI is InChI=1S/C13H13N.H2OS/c1-10-6-5-9-12(13(10)14)11-7-3-2-4-8-11;1-2/h2-9H,14H2,1H3;1-2H. The van der Waals surface area contributed by atoms with E-state index in [2.05, 4.69) is 31.1 Å². The van der Waals surface area contributed by atoms with Crippen LogP contribution in [0.3, 0.4) is 0 Å². The molecule has 0 amide bonds. The summed E-state index contributed by atoms with van der Waals surface area (Å²) in [5.41, 5.74) is 10.3. The van der Waals surface area contributed by atoms with Gasteiger partial charge in [0.2, 0.25) is 0 Å². The minimum absolute atomic E-state index is 0.874. The first-order valence-electron chi connectivity index (χ1n) is 4.89. The van der Waals surface area contributed by atoms with E-state index in [-0.39, 0.29) is 0 Å². The van der Waals surface area contributed by atoms with Crippen LogP contribution in [0.15, 0.2) is 48.5 Å². The van der Waals surface area contributed by atoms with Gasteiger partial charge in [-0.05, 0) is 31.0 Å². The highest BCUT2D eigenvalue weighted by Gasteiger charge is 2.02. The summed E-state index contributed by atoms with van der Waals surface area (Å²) in [6.45, 7) is 2.03. The Kier molecular flexibility index (Phi) is 4.89. The maximum Gasteiger partial charge on any atom is 0.0423 e. The van der Waals surface area contributed by atoms with Gasteiger partial charge in [-0.2, -0.15) is 0 Å². The second-order valence-electron chi connectivity index (χ2n) is 3.40. The normalized spacial score (nSPS) is 9.19. The van der Waals surface area contributed by atoms with Gasteiger partial charge in [-0.25, -0.2) is 0 Å². The summed E-state index contributed by atoms with van der Waals surface area (Å²) >= 11 is 2.53. The molecule has 0 aliphatic heterocycles. The third kappa shape index (κ3) is 2.78. The van der Waals surface area contributed by atoms with Crippen molar-refractivity contribution < 1.29 is 4.55 Å². The summed E-state index contributed by atoms with van der Waals surface area (Å²) in [6, 6.07) is 16.3. The van der Waals surface area contributed by atoms with E-state index in [1.165, 1.54) is 5.56 Å². The Balaban J connectivity index is 0.000000606. The van der Waals surface area contributed by atoms with E-state index in [9.17, 15) is 0 Å². The highest BCUT2D eigenvalue weighted by molar-refractivity contribution is 7.74. The smallest absolute Gasteiger partial charge is 0.0423 e. The van der Waals surface area contributed by atoms with E-state index >= 15 is 0 Å². The lowest BCUT2D eigenvalue weighted by atomic mass is 10.0. The van der Waals surface area contributed by atoms with Crippen LogP contribution < -0.4 is 5.73 Å². The van der Waals surface area contributed by atoms with Gasteiger partial charge in [-0.3, -0.25) is 0 Å². The molecule has 0 unspecified atom stereocenters. The molecule has 16 heavy (non-hydrogen) atoms. The van der Waals surface area contributed by atoms with Gasteiger partial charge in [-0.15, -0.1) is 0 Å². The molecular weight excluding hydrogens is 218 g/mol. The lowest BCUT2D eigenvalue weighted by molar-refractivity contribution is 0.679. The van der Waals surface area contributed by atoms with Crippen molar-refractivity contribution in [3.63, 3.8) is 0 Å². The fourth-order valence-electron chi connectivity index (χ4n) is 1.55. The molecule has 0 saturated heterocycles. The van der Waals surface area contributed by atoms with Crippen LogP contribution in [0.2, 0.25) is 0 Å². The third-order valence-corrected chi connectivity index (χ3v) is 2.41. The quantitative estimate of drug-likeness (QED) is 0.400. The number of rotatable bonds is 1. The van der Waals surface area contributed by atoms with E-state index < -0.39 is 0 Å². The molecule has 2 aromatic carbocycles. The van der Waals surface area contributed by atoms with Gasteiger partial charge >= 0.3 is 0 Å². The molecule has 0 heterocycles. The summed E-state index contributed by atoms with van der Waals surface area (Å²) in [4.78, 5) is 0. The molecule has 0 saturated carbocycles. The van der Waals surface area contributed by atoms with Crippen LogP contribution in [-0.2, 0) is 0 Å². The maximum atomic E-state index is 6.69. The molecular formula is C13H15NOS. The van der Waals surface area contributed by atoms with Crippen molar-refractivity contribution in [2.45, 2.75) is 6.92 Å². The number of anilines is 1. The summed E-state index contributed by atoms with van der Waals surface area (Å²) in [5, 5.41) is 0. The Bertz CT molecular complexity index is 443. The molecule has 0 radical (unpaired) electrons. The first kappa shape index (κ1) is 12.6. The zero-order valence-electron chi connectivity index (χ0n) is 9.09. The van der Waals surface area contributed by atoms with Crippen molar-refractivity contribution in [3.05, 3.63) is 54.1 Å². The van der Waals surface area contributed by atoms with E-state index in [1.807, 2.05) is 37.3 Å². The minimum Gasteiger partial charge on any atom is -0.398 e. The molecule has 2 nitrogen and oxygen atoms in total. The first-order valence-corrected chi connectivity index (χ1v) is 5.29. The predicted molar refractivity (Wildman–Crippen MR) is 72.6 cm³/mol. The van der Waals surface area contributed by atoms with Crippen molar-refractivity contribution in [2.75, 3.05) is 5.73 Å². The molecule has 2 aromatic rings. The highest BCUT2D eigenvalue weighted by atomic mass is 32.1. The molecule has 2 rings (SSSR count). The summed E-state index contributed by atoms with van der Waals surface area (Å²) in [5.74, 6) is 0. The molecule has 3 heteroatoms. The van der Waals surface area contributed by atoms with E-state index in [0.29, 0.717) is 0 Å². The zero-order chi connectivity index (χ0) is 12.0. The Hall–Kier alpha value is -1.45. The molecule has 0 bridgehead atoms. The monoisotopic (exact) mass is 233 g/mol. The van der Waals surface area contributed by atoms with E-state index in [1.54, 1.807) is 0 Å². The van der Waals surface area contributed by atoms with E-state index in [0.717, 1.165) is 16.8 Å². The Morgan fingerprint density at radius 3 is 2.19 bits per heavy atom. The minimum atomic E-state index is 0.874. The number of hydrogen-bond acceptors (Lipinski definition) is 3. The molecule has 3 N–H and O–H groups in total. The van der Waals surface area contributed by atoms with Crippen LogP contribution >= 0.6 is 12.9 Å². The van der Waals surface area contributed by atoms with E-state index in [4.69, 9.17) is 10.3 Å². The first-order chi connectivity index (χ1) is 7.79. The van der Waals surface area contributed by atoms with Crippen LogP contribution in [-0.4, -0.2) is 4.55 Å². The second kappa shape index (κ2) is 6.20. The van der Waals surface area contributed by atoms with Crippen molar-refractivity contribution in [3.8, 4) is 11.1 Å². The van der Waals surface area contributed by atoms with Crippen molar-refractivity contribution >= 4 is 18.6 Å². The van der Waals surface area contributed by atoms with Crippen LogP contribution in [0.5, 0.6) is 0 Å². The van der Waals surface area contributed by atoms with Crippen LogP contribution in [0.25, 0.3) is 11.1 Å². The third-order valence-electron chi connectivity index (χ3n) is 2.41. The largest absolute Gasteiger partial charge is 0.398 e. The van der Waals surface area contributed by atoms with Crippen molar-refractivity contribution in [1.29, 1.82) is 0 Å². The van der Waals surface area contributed by atoms with Gasteiger partial charge < -0.3 is 10.3 Å². The Morgan fingerprint density at radius 1 is 0.938 bits per heavy atom. The Labute approximate surface area is 101 Å². The number of thiol groups is 1. The SMILES string of the molecule is Cc1cccc(-c2ccccc2)c1N.OS. The average Bonchev–Trinajstić information content (AvgIpc) is 2.36.